The molecule has 0 heterocycles. The summed E-state index contributed by atoms with van der Waals surface area (Å²) in [6, 6.07) is 16.0. The minimum atomic E-state index is 0.0328. The zero-order chi connectivity index (χ0) is 16.7. The normalized spacial score (nSPS) is 10.9. The Balaban J connectivity index is 2.05. The second-order valence-electron chi connectivity index (χ2n) is 5.19. The third-order valence-electron chi connectivity index (χ3n) is 3.82. The molecule has 0 aliphatic carbocycles. The average molecular weight is 325 g/mol. The zero-order valence-electron chi connectivity index (χ0n) is 14.0. The maximum absolute atomic E-state index is 12.2. The van der Waals surface area contributed by atoms with Crippen molar-refractivity contribution >= 4 is 29.3 Å². The molecule has 23 heavy (non-hydrogen) atoms. The summed E-state index contributed by atoms with van der Waals surface area (Å²) in [4.78, 5) is 15.6. The van der Waals surface area contributed by atoms with E-state index in [0.717, 1.165) is 29.1 Å². The predicted octanol–water partition coefficient (Wildman–Crippen LogP) is 5.15. The van der Waals surface area contributed by atoms with E-state index in [4.69, 9.17) is 0 Å². The van der Waals surface area contributed by atoms with Crippen molar-refractivity contribution in [3.05, 3.63) is 65.7 Å². The van der Waals surface area contributed by atoms with Crippen molar-refractivity contribution in [2.45, 2.75) is 18.7 Å². The van der Waals surface area contributed by atoms with E-state index in [-0.39, 0.29) is 5.78 Å². The number of allylic oxidation sites excluding steroid dienone is 1. The Kier molecular flexibility index (Phi) is 6.48. The molecular weight excluding hydrogens is 302 g/mol. The number of thioether (sulfide) groups is 1. The molecule has 2 nitrogen and oxygen atoms in total. The number of ketones is 1. The molecular formula is C20H23NOS. The van der Waals surface area contributed by atoms with Gasteiger partial charge in [0, 0.05) is 29.2 Å². The molecule has 0 atom stereocenters. The van der Waals surface area contributed by atoms with Crippen molar-refractivity contribution < 1.29 is 4.79 Å². The lowest BCUT2D eigenvalue weighted by Crippen LogP contribution is -2.21. The maximum Gasteiger partial charge on any atom is 0.185 e. The third-order valence-corrected chi connectivity index (χ3v) is 4.57. The molecule has 0 unspecified atom stereocenters. The van der Waals surface area contributed by atoms with Gasteiger partial charge < -0.3 is 4.90 Å². The Morgan fingerprint density at radius 2 is 1.61 bits per heavy atom. The van der Waals surface area contributed by atoms with E-state index in [2.05, 4.69) is 30.9 Å². The Bertz CT molecular complexity index is 655. The van der Waals surface area contributed by atoms with Crippen LogP contribution in [0, 0.1) is 0 Å². The average Bonchev–Trinajstić information content (AvgIpc) is 2.62. The van der Waals surface area contributed by atoms with Crippen molar-refractivity contribution in [2.75, 3.05) is 24.2 Å². The van der Waals surface area contributed by atoms with E-state index in [0.29, 0.717) is 0 Å². The van der Waals surface area contributed by atoms with E-state index in [9.17, 15) is 4.79 Å². The van der Waals surface area contributed by atoms with Crippen LogP contribution in [0.1, 0.15) is 29.8 Å². The van der Waals surface area contributed by atoms with Gasteiger partial charge in [0.25, 0.3) is 0 Å². The molecule has 0 fully saturated rings. The standard InChI is InChI=1S/C20H23NOS/c1-4-21(5-2)18-11-6-16(7-12-18)8-15-20(22)17-9-13-19(23-3)14-10-17/h6-15H,4-5H2,1-3H3/b15-8+. The van der Waals surface area contributed by atoms with Crippen molar-refractivity contribution in [3.63, 3.8) is 0 Å². The molecule has 0 aliphatic heterocycles. The second-order valence-corrected chi connectivity index (χ2v) is 6.07. The van der Waals surface area contributed by atoms with Crippen LogP contribution in [0.2, 0.25) is 0 Å². The highest BCUT2D eigenvalue weighted by molar-refractivity contribution is 7.98. The molecule has 0 aromatic heterocycles. The monoisotopic (exact) mass is 325 g/mol. The van der Waals surface area contributed by atoms with Gasteiger partial charge in [-0.05, 0) is 68.1 Å². The molecule has 0 aliphatic rings. The number of rotatable bonds is 7. The van der Waals surface area contributed by atoms with E-state index in [1.807, 2.05) is 48.7 Å². The highest BCUT2D eigenvalue weighted by Crippen LogP contribution is 2.17. The summed E-state index contributed by atoms with van der Waals surface area (Å²) >= 11 is 1.67. The first kappa shape index (κ1) is 17.4. The van der Waals surface area contributed by atoms with Gasteiger partial charge in [-0.15, -0.1) is 11.8 Å². The molecule has 0 amide bonds. The SMILES string of the molecule is CCN(CC)c1ccc(/C=C/C(=O)c2ccc(SC)cc2)cc1. The summed E-state index contributed by atoms with van der Waals surface area (Å²) < 4.78 is 0. The molecule has 0 saturated carbocycles. The number of hydrogen-bond donors (Lipinski definition) is 0. The predicted molar refractivity (Wildman–Crippen MR) is 102 cm³/mol. The smallest absolute Gasteiger partial charge is 0.185 e. The molecule has 2 rings (SSSR count). The second kappa shape index (κ2) is 8.59. The fraction of sp³-hybridized carbons (Fsp3) is 0.250. The lowest BCUT2D eigenvalue weighted by molar-refractivity contribution is 0.104. The van der Waals surface area contributed by atoms with Gasteiger partial charge >= 0.3 is 0 Å². The van der Waals surface area contributed by atoms with Crippen LogP contribution in [0.5, 0.6) is 0 Å². The van der Waals surface area contributed by atoms with Gasteiger partial charge in [-0.25, -0.2) is 0 Å². The van der Waals surface area contributed by atoms with Crippen LogP contribution in [-0.2, 0) is 0 Å². The summed E-state index contributed by atoms with van der Waals surface area (Å²) in [6.45, 7) is 6.29. The number of benzene rings is 2. The van der Waals surface area contributed by atoms with Crippen LogP contribution in [0.25, 0.3) is 6.08 Å². The van der Waals surface area contributed by atoms with Crippen molar-refractivity contribution in [2.24, 2.45) is 0 Å². The van der Waals surface area contributed by atoms with Crippen molar-refractivity contribution in [3.8, 4) is 0 Å². The first-order chi connectivity index (χ1) is 11.2. The molecule has 0 bridgehead atoms. The first-order valence-electron chi connectivity index (χ1n) is 7.89. The minimum Gasteiger partial charge on any atom is -0.372 e. The molecule has 0 N–H and O–H groups in total. The van der Waals surface area contributed by atoms with Gasteiger partial charge in [0.1, 0.15) is 0 Å². The van der Waals surface area contributed by atoms with Crippen LogP contribution in [0.15, 0.2) is 59.5 Å². The molecule has 120 valence electrons. The van der Waals surface area contributed by atoms with Crippen LogP contribution < -0.4 is 4.90 Å². The zero-order valence-corrected chi connectivity index (χ0v) is 14.8. The number of nitrogens with zero attached hydrogens (tertiary/aromatic N) is 1. The summed E-state index contributed by atoms with van der Waals surface area (Å²) in [5.74, 6) is 0.0328. The van der Waals surface area contributed by atoms with Gasteiger partial charge in [0.2, 0.25) is 0 Å². The first-order valence-corrected chi connectivity index (χ1v) is 9.11. The Hall–Kier alpha value is -2.00. The lowest BCUT2D eigenvalue weighted by Gasteiger charge is -2.20. The van der Waals surface area contributed by atoms with E-state index < -0.39 is 0 Å². The highest BCUT2D eigenvalue weighted by Gasteiger charge is 2.03. The van der Waals surface area contributed by atoms with Crippen LogP contribution >= 0.6 is 11.8 Å². The summed E-state index contributed by atoms with van der Waals surface area (Å²) in [7, 11) is 0. The van der Waals surface area contributed by atoms with E-state index >= 15 is 0 Å². The molecule has 0 spiro atoms. The van der Waals surface area contributed by atoms with Crippen LogP contribution in [-0.4, -0.2) is 25.1 Å². The van der Waals surface area contributed by atoms with E-state index in [1.54, 1.807) is 17.8 Å². The fourth-order valence-electron chi connectivity index (χ4n) is 2.41. The summed E-state index contributed by atoms with van der Waals surface area (Å²) in [5.41, 5.74) is 2.97. The van der Waals surface area contributed by atoms with E-state index in [1.165, 1.54) is 5.69 Å². The third kappa shape index (κ3) is 4.73. The number of anilines is 1. The molecule has 2 aromatic rings. The largest absolute Gasteiger partial charge is 0.372 e. The molecule has 0 radical (unpaired) electrons. The van der Waals surface area contributed by atoms with Crippen LogP contribution in [0.4, 0.5) is 5.69 Å². The highest BCUT2D eigenvalue weighted by atomic mass is 32.2. The van der Waals surface area contributed by atoms with Crippen molar-refractivity contribution in [1.82, 2.24) is 0 Å². The molecule has 0 saturated heterocycles. The Morgan fingerprint density at radius 1 is 1.00 bits per heavy atom. The van der Waals surface area contributed by atoms with Gasteiger partial charge in [-0.1, -0.05) is 18.2 Å². The van der Waals surface area contributed by atoms with Gasteiger partial charge in [0.15, 0.2) is 5.78 Å². The number of carbonyl (C=O) groups excluding carboxylic acids is 1. The topological polar surface area (TPSA) is 20.3 Å². The number of hydrogen-bond acceptors (Lipinski definition) is 3. The Morgan fingerprint density at radius 3 is 2.13 bits per heavy atom. The van der Waals surface area contributed by atoms with Gasteiger partial charge in [-0.3, -0.25) is 4.79 Å². The minimum absolute atomic E-state index is 0.0328. The van der Waals surface area contributed by atoms with Gasteiger partial charge in [0.05, 0.1) is 0 Å². The molecule has 3 heteroatoms. The maximum atomic E-state index is 12.2. The summed E-state index contributed by atoms with van der Waals surface area (Å²) in [5, 5.41) is 0. The lowest BCUT2D eigenvalue weighted by atomic mass is 10.1. The molecule has 2 aromatic carbocycles. The van der Waals surface area contributed by atoms with Gasteiger partial charge in [-0.2, -0.15) is 0 Å². The quantitative estimate of drug-likeness (QED) is 0.399. The summed E-state index contributed by atoms with van der Waals surface area (Å²) in [6.07, 6.45) is 5.54. The number of carbonyl (C=O) groups is 1. The fourth-order valence-corrected chi connectivity index (χ4v) is 2.82. The Labute approximate surface area is 143 Å². The van der Waals surface area contributed by atoms with Crippen molar-refractivity contribution in [1.29, 1.82) is 0 Å². The van der Waals surface area contributed by atoms with Crippen LogP contribution in [0.3, 0.4) is 0 Å².